The largest absolute Gasteiger partial charge is 0.399 e. The molecule has 2 N–H and O–H groups in total. The van der Waals surface area contributed by atoms with Crippen LogP contribution in [0.4, 0.5) is 11.4 Å². The number of carbonyl (C=O) groups excluding carboxylic acids is 1. The first-order valence-electron chi connectivity index (χ1n) is 7.18. The van der Waals surface area contributed by atoms with E-state index in [1.807, 2.05) is 31.2 Å². The van der Waals surface area contributed by atoms with E-state index in [2.05, 4.69) is 9.98 Å². The molecule has 1 aromatic heterocycles. The Bertz CT molecular complexity index is 878. The highest BCUT2D eigenvalue weighted by molar-refractivity contribution is 8.18. The van der Waals surface area contributed by atoms with E-state index in [1.165, 1.54) is 22.9 Å². The van der Waals surface area contributed by atoms with Crippen molar-refractivity contribution in [2.24, 2.45) is 4.99 Å². The number of aromatic nitrogens is 1. The minimum atomic E-state index is -0.0937. The molecule has 1 aliphatic heterocycles. The molecule has 0 unspecified atom stereocenters. The first-order chi connectivity index (χ1) is 11.5. The second kappa shape index (κ2) is 6.67. The van der Waals surface area contributed by atoms with Gasteiger partial charge in [-0.15, -0.1) is 0 Å². The summed E-state index contributed by atoms with van der Waals surface area (Å²) >= 11 is 7.42. The van der Waals surface area contributed by atoms with Crippen LogP contribution in [-0.4, -0.2) is 28.0 Å². The maximum Gasteiger partial charge on any atom is 0.266 e. The van der Waals surface area contributed by atoms with Gasteiger partial charge in [-0.2, -0.15) is 0 Å². The van der Waals surface area contributed by atoms with Crippen LogP contribution in [0.5, 0.6) is 0 Å². The fourth-order valence-electron chi connectivity index (χ4n) is 2.24. The third-order valence-corrected chi connectivity index (χ3v) is 5.13. The lowest BCUT2D eigenvalue weighted by molar-refractivity contribution is -0.121. The van der Waals surface area contributed by atoms with Crippen LogP contribution in [0.2, 0.25) is 5.02 Å². The Morgan fingerprint density at radius 1 is 1.38 bits per heavy atom. The Kier molecular flexibility index (Phi) is 4.59. The predicted molar refractivity (Wildman–Crippen MR) is 100 cm³/mol. The first-order valence-corrected chi connectivity index (χ1v) is 8.37. The first kappa shape index (κ1) is 16.5. The number of nitrogens with zero attached hydrogens (tertiary/aromatic N) is 3. The molecule has 0 saturated carbocycles. The quantitative estimate of drug-likeness (QED) is 0.652. The Balaban J connectivity index is 2.00. The molecule has 1 aliphatic rings. The number of anilines is 1. The van der Waals surface area contributed by atoms with Gasteiger partial charge < -0.3 is 5.73 Å². The van der Waals surface area contributed by atoms with Gasteiger partial charge in [-0.3, -0.25) is 14.7 Å². The molecule has 0 aliphatic carbocycles. The monoisotopic (exact) mass is 358 g/mol. The number of carbonyl (C=O) groups is 1. The van der Waals surface area contributed by atoms with Crippen LogP contribution < -0.4 is 5.73 Å². The molecule has 2 aromatic rings. The minimum Gasteiger partial charge on any atom is -0.399 e. The number of hydrogen-bond acceptors (Lipinski definition) is 5. The zero-order chi connectivity index (χ0) is 17.3. The van der Waals surface area contributed by atoms with Crippen LogP contribution in [0.1, 0.15) is 12.5 Å². The standard InChI is InChI=1S/C17H15ClN4OS/c1-10(11-4-3-5-12(19)8-11)15-16(23)22(2)17(24-15)21-14-6-7-20-9-13(14)18/h3-9H,19H2,1-2H3/b15-10-,21-17?. The van der Waals surface area contributed by atoms with Gasteiger partial charge in [0, 0.05) is 25.1 Å². The Morgan fingerprint density at radius 3 is 2.88 bits per heavy atom. The molecule has 3 rings (SSSR count). The van der Waals surface area contributed by atoms with Crippen LogP contribution in [0.3, 0.4) is 0 Å². The third kappa shape index (κ3) is 3.16. The number of amidine groups is 1. The van der Waals surface area contributed by atoms with Crippen molar-refractivity contribution in [2.45, 2.75) is 6.92 Å². The molecular formula is C17H15ClN4OS. The average Bonchev–Trinajstić information content (AvgIpc) is 2.85. The zero-order valence-corrected chi connectivity index (χ0v) is 14.7. The van der Waals surface area contributed by atoms with Gasteiger partial charge in [0.25, 0.3) is 5.91 Å². The Morgan fingerprint density at radius 2 is 2.17 bits per heavy atom. The molecule has 0 atom stereocenters. The summed E-state index contributed by atoms with van der Waals surface area (Å²) in [5, 5.41) is 1.02. The fourth-order valence-corrected chi connectivity index (χ4v) is 3.45. The average molecular weight is 359 g/mol. The summed E-state index contributed by atoms with van der Waals surface area (Å²) in [5.74, 6) is -0.0937. The number of rotatable bonds is 2. The molecular weight excluding hydrogens is 344 g/mol. The summed E-state index contributed by atoms with van der Waals surface area (Å²) in [6, 6.07) is 9.18. The summed E-state index contributed by atoms with van der Waals surface area (Å²) in [6.45, 7) is 1.91. The number of thioether (sulfide) groups is 1. The van der Waals surface area contributed by atoms with Crippen molar-refractivity contribution in [3.05, 3.63) is 58.2 Å². The van der Waals surface area contributed by atoms with Gasteiger partial charge in [0.05, 0.1) is 15.6 Å². The zero-order valence-electron chi connectivity index (χ0n) is 13.2. The maximum atomic E-state index is 12.6. The van der Waals surface area contributed by atoms with Crippen molar-refractivity contribution in [3.63, 3.8) is 0 Å². The van der Waals surface area contributed by atoms with Crippen molar-refractivity contribution in [1.29, 1.82) is 0 Å². The number of nitrogens with two attached hydrogens (primary N) is 1. The minimum absolute atomic E-state index is 0.0937. The molecule has 0 radical (unpaired) electrons. The highest BCUT2D eigenvalue weighted by Gasteiger charge is 2.32. The van der Waals surface area contributed by atoms with Gasteiger partial charge in [-0.25, -0.2) is 4.99 Å². The van der Waals surface area contributed by atoms with E-state index in [9.17, 15) is 4.79 Å². The summed E-state index contributed by atoms with van der Waals surface area (Å²) in [6.07, 6.45) is 3.14. The smallest absolute Gasteiger partial charge is 0.266 e. The maximum absolute atomic E-state index is 12.6. The SMILES string of the molecule is C/C(=C1/SC(=Nc2ccncc2Cl)N(C)C1=O)c1cccc(N)c1. The number of pyridine rings is 1. The third-order valence-electron chi connectivity index (χ3n) is 3.61. The predicted octanol–water partition coefficient (Wildman–Crippen LogP) is 3.94. The van der Waals surface area contributed by atoms with Crippen LogP contribution in [-0.2, 0) is 4.79 Å². The van der Waals surface area contributed by atoms with Crippen molar-refractivity contribution in [2.75, 3.05) is 12.8 Å². The number of amides is 1. The van der Waals surface area contributed by atoms with Crippen LogP contribution in [0.15, 0.2) is 52.6 Å². The molecule has 2 heterocycles. The number of benzene rings is 1. The summed E-state index contributed by atoms with van der Waals surface area (Å²) in [4.78, 5) is 23.2. The number of aliphatic imine (C=N–C) groups is 1. The molecule has 24 heavy (non-hydrogen) atoms. The van der Waals surface area contributed by atoms with E-state index in [4.69, 9.17) is 17.3 Å². The highest BCUT2D eigenvalue weighted by Crippen LogP contribution is 2.37. The normalized spacial score (nSPS) is 18.4. The molecule has 1 aromatic carbocycles. The van der Waals surface area contributed by atoms with Gasteiger partial charge in [0.2, 0.25) is 0 Å². The fraction of sp³-hybridized carbons (Fsp3) is 0.118. The molecule has 122 valence electrons. The van der Waals surface area contributed by atoms with Gasteiger partial charge >= 0.3 is 0 Å². The van der Waals surface area contributed by atoms with Crippen molar-refractivity contribution in [1.82, 2.24) is 9.88 Å². The highest BCUT2D eigenvalue weighted by atomic mass is 35.5. The Labute approximate surface area is 149 Å². The molecule has 7 heteroatoms. The summed E-state index contributed by atoms with van der Waals surface area (Å²) < 4.78 is 0. The van der Waals surface area contributed by atoms with E-state index in [1.54, 1.807) is 19.3 Å². The molecule has 1 fully saturated rings. The van der Waals surface area contributed by atoms with E-state index in [-0.39, 0.29) is 5.91 Å². The van der Waals surface area contributed by atoms with Crippen LogP contribution >= 0.6 is 23.4 Å². The lowest BCUT2D eigenvalue weighted by atomic mass is 10.1. The van der Waals surface area contributed by atoms with E-state index in [0.717, 1.165) is 11.1 Å². The van der Waals surface area contributed by atoms with E-state index in [0.29, 0.717) is 26.5 Å². The van der Waals surface area contributed by atoms with E-state index >= 15 is 0 Å². The van der Waals surface area contributed by atoms with Crippen molar-refractivity contribution in [3.8, 4) is 0 Å². The molecule has 0 bridgehead atoms. The van der Waals surface area contributed by atoms with Crippen LogP contribution in [0.25, 0.3) is 5.57 Å². The number of nitrogen functional groups attached to an aromatic ring is 1. The van der Waals surface area contributed by atoms with E-state index < -0.39 is 0 Å². The molecule has 1 saturated heterocycles. The number of halogens is 1. The molecule has 1 amide bonds. The van der Waals surface area contributed by atoms with Gasteiger partial charge in [0.1, 0.15) is 0 Å². The number of allylic oxidation sites excluding steroid dienone is 1. The van der Waals surface area contributed by atoms with Gasteiger partial charge in [-0.1, -0.05) is 23.7 Å². The molecule has 0 spiro atoms. The van der Waals surface area contributed by atoms with Crippen LogP contribution in [0, 0.1) is 0 Å². The second-order valence-corrected chi connectivity index (χ2v) is 6.65. The number of hydrogen-bond donors (Lipinski definition) is 1. The summed E-state index contributed by atoms with van der Waals surface area (Å²) in [5.41, 5.74) is 8.86. The van der Waals surface area contributed by atoms with Crippen molar-refractivity contribution >= 4 is 51.4 Å². The van der Waals surface area contributed by atoms with Crippen molar-refractivity contribution < 1.29 is 4.79 Å². The topological polar surface area (TPSA) is 71.6 Å². The lowest BCUT2D eigenvalue weighted by Crippen LogP contribution is -2.23. The Hall–Kier alpha value is -2.31. The van der Waals surface area contributed by atoms with Gasteiger partial charge in [-0.05, 0) is 48.0 Å². The molecule has 5 nitrogen and oxygen atoms in total. The summed E-state index contributed by atoms with van der Waals surface area (Å²) in [7, 11) is 1.70. The van der Waals surface area contributed by atoms with Gasteiger partial charge in [0.15, 0.2) is 5.17 Å². The lowest BCUT2D eigenvalue weighted by Gasteiger charge is -2.08. The number of likely N-dealkylation sites (N-methyl/N-ethyl adjacent to an activating group) is 1. The second-order valence-electron chi connectivity index (χ2n) is 5.27.